The van der Waals surface area contributed by atoms with E-state index >= 15 is 0 Å². The third-order valence-corrected chi connectivity index (χ3v) is 5.41. The Morgan fingerprint density at radius 1 is 1.02 bits per heavy atom. The van der Waals surface area contributed by atoms with Crippen molar-refractivity contribution < 1.29 is 59.5 Å². The van der Waals surface area contributed by atoms with Gasteiger partial charge >= 0.3 is 12.1 Å². The first-order valence-electron chi connectivity index (χ1n) is 11.1. The van der Waals surface area contributed by atoms with Crippen LogP contribution < -0.4 is 20.1 Å². The largest absolute Gasteiger partial charge is 0.479 e. The lowest BCUT2D eigenvalue weighted by molar-refractivity contribution is -0.138. The Morgan fingerprint density at radius 3 is 2.48 bits per heavy atom. The first kappa shape index (κ1) is 28.1. The fourth-order valence-electron chi connectivity index (χ4n) is 3.54. The number of ketones is 1. The fraction of sp³-hybridized carbons (Fsp3) is 0.208. The zero-order chi connectivity index (χ0) is 29.2. The standard InChI is InChI=1S/C24H15F6N3O7/c25-12-5-13(26)21-22(20(12)27)38-9-16(34)14(7-19(36)39-21)32-18(35)8-31-23(37)15-6-17(40-33-15)10-3-1-2-4-11(10)24(28,29)30/h1-6,14H,7-9H2,(H,31,37)(H,32,35)/t14-/m0/s1. The fourth-order valence-corrected chi connectivity index (χ4v) is 3.54. The first-order chi connectivity index (χ1) is 18.8. The van der Waals surface area contributed by atoms with Gasteiger partial charge in [-0.1, -0.05) is 23.4 Å². The lowest BCUT2D eigenvalue weighted by atomic mass is 10.0. The van der Waals surface area contributed by atoms with Gasteiger partial charge in [-0.05, 0) is 6.07 Å². The van der Waals surface area contributed by atoms with Crippen LogP contribution in [0.2, 0.25) is 0 Å². The maximum Gasteiger partial charge on any atom is 0.417 e. The molecule has 0 saturated heterocycles. The minimum atomic E-state index is -4.71. The monoisotopic (exact) mass is 571 g/mol. The van der Waals surface area contributed by atoms with Gasteiger partial charge in [0, 0.05) is 17.7 Å². The second-order valence-electron chi connectivity index (χ2n) is 8.17. The van der Waals surface area contributed by atoms with Crippen LogP contribution in [0, 0.1) is 17.5 Å². The molecule has 0 spiro atoms. The number of halogens is 6. The molecule has 0 saturated carbocycles. The highest BCUT2D eigenvalue weighted by molar-refractivity contribution is 5.97. The van der Waals surface area contributed by atoms with Crippen molar-refractivity contribution in [3.63, 3.8) is 0 Å². The second-order valence-corrected chi connectivity index (χ2v) is 8.17. The molecule has 0 fully saturated rings. The van der Waals surface area contributed by atoms with Gasteiger partial charge in [0.15, 0.2) is 28.9 Å². The summed E-state index contributed by atoms with van der Waals surface area (Å²) in [6.45, 7) is -1.81. The highest BCUT2D eigenvalue weighted by Crippen LogP contribution is 2.37. The van der Waals surface area contributed by atoms with E-state index in [9.17, 15) is 45.5 Å². The molecule has 10 nitrogen and oxygen atoms in total. The molecule has 16 heteroatoms. The normalized spacial score (nSPS) is 15.6. The van der Waals surface area contributed by atoms with Crippen LogP contribution in [0.1, 0.15) is 22.5 Å². The van der Waals surface area contributed by atoms with Gasteiger partial charge in [-0.2, -0.15) is 17.6 Å². The summed E-state index contributed by atoms with van der Waals surface area (Å²) in [7, 11) is 0. The van der Waals surface area contributed by atoms with Crippen molar-refractivity contribution in [2.24, 2.45) is 0 Å². The number of alkyl halides is 3. The van der Waals surface area contributed by atoms with Gasteiger partial charge < -0.3 is 24.6 Å². The van der Waals surface area contributed by atoms with Crippen molar-refractivity contribution in [3.8, 4) is 22.8 Å². The zero-order valence-electron chi connectivity index (χ0n) is 19.7. The van der Waals surface area contributed by atoms with Crippen LogP contribution in [0.25, 0.3) is 11.3 Å². The highest BCUT2D eigenvalue weighted by atomic mass is 19.4. The average Bonchev–Trinajstić information content (AvgIpc) is 3.40. The summed E-state index contributed by atoms with van der Waals surface area (Å²) in [5.41, 5.74) is -1.88. The summed E-state index contributed by atoms with van der Waals surface area (Å²) in [6.07, 6.45) is -5.57. The SMILES string of the molecule is O=C(CNC(=O)c1cc(-c2ccccc2C(F)(F)F)on1)N[C@H]1CC(=O)Oc2c(F)cc(F)c(F)c2OCC1=O. The molecule has 210 valence electrons. The minimum absolute atomic E-state index is 0.110. The Kier molecular flexibility index (Phi) is 7.79. The quantitative estimate of drug-likeness (QED) is 0.207. The molecule has 0 unspecified atom stereocenters. The highest BCUT2D eigenvalue weighted by Gasteiger charge is 2.35. The molecular weight excluding hydrogens is 556 g/mol. The van der Waals surface area contributed by atoms with Crippen LogP contribution in [0.4, 0.5) is 26.3 Å². The predicted molar refractivity (Wildman–Crippen MR) is 118 cm³/mol. The van der Waals surface area contributed by atoms with Crippen molar-refractivity contribution in [2.75, 3.05) is 13.2 Å². The summed E-state index contributed by atoms with van der Waals surface area (Å²) in [5, 5.41) is 7.61. The molecule has 1 atom stereocenters. The molecular formula is C24H15F6N3O7. The molecule has 2 aromatic carbocycles. The first-order valence-corrected chi connectivity index (χ1v) is 11.1. The van der Waals surface area contributed by atoms with E-state index < -0.39 is 95.6 Å². The van der Waals surface area contributed by atoms with E-state index in [4.69, 9.17) is 9.26 Å². The van der Waals surface area contributed by atoms with Crippen molar-refractivity contribution in [3.05, 3.63) is 65.1 Å². The number of nitrogens with zero attached hydrogens (tertiary/aromatic N) is 1. The van der Waals surface area contributed by atoms with E-state index in [0.29, 0.717) is 0 Å². The van der Waals surface area contributed by atoms with Crippen molar-refractivity contribution in [2.45, 2.75) is 18.6 Å². The summed E-state index contributed by atoms with van der Waals surface area (Å²) in [4.78, 5) is 49.3. The van der Waals surface area contributed by atoms with Gasteiger partial charge in [0.2, 0.25) is 23.2 Å². The Morgan fingerprint density at radius 2 is 1.75 bits per heavy atom. The topological polar surface area (TPSA) is 137 Å². The van der Waals surface area contributed by atoms with Gasteiger partial charge in [-0.15, -0.1) is 0 Å². The van der Waals surface area contributed by atoms with Crippen LogP contribution in [0.5, 0.6) is 11.5 Å². The van der Waals surface area contributed by atoms with E-state index in [2.05, 4.69) is 20.5 Å². The second kappa shape index (κ2) is 11.1. The lowest BCUT2D eigenvalue weighted by Gasteiger charge is -2.15. The average molecular weight is 571 g/mol. The number of fused-ring (bicyclic) bond motifs is 1. The Labute approximate surface area is 219 Å². The molecule has 1 aromatic heterocycles. The van der Waals surface area contributed by atoms with Crippen molar-refractivity contribution in [1.29, 1.82) is 0 Å². The molecule has 3 aromatic rings. The van der Waals surface area contributed by atoms with Crippen LogP contribution in [-0.2, 0) is 20.6 Å². The smallest absolute Gasteiger partial charge is 0.417 e. The molecule has 2 heterocycles. The third kappa shape index (κ3) is 6.05. The molecule has 0 bridgehead atoms. The number of aromatic nitrogens is 1. The zero-order valence-corrected chi connectivity index (χ0v) is 19.7. The number of rotatable bonds is 5. The number of esters is 1. The number of hydrogen-bond donors (Lipinski definition) is 2. The van der Waals surface area contributed by atoms with Crippen molar-refractivity contribution >= 4 is 23.6 Å². The Balaban J connectivity index is 1.39. The number of carbonyl (C=O) groups excluding carboxylic acids is 4. The van der Waals surface area contributed by atoms with Gasteiger partial charge in [0.1, 0.15) is 12.6 Å². The molecule has 1 aliphatic rings. The Bertz CT molecular complexity index is 1500. The summed E-state index contributed by atoms with van der Waals surface area (Å²) in [5.74, 6) is -11.8. The molecule has 0 aliphatic carbocycles. The van der Waals surface area contributed by atoms with Gasteiger partial charge in [-0.25, -0.2) is 8.78 Å². The molecule has 2 N–H and O–H groups in total. The number of Topliss-reactive ketones (excluding diaryl/α,β-unsaturated/α-hetero) is 1. The lowest BCUT2D eigenvalue weighted by Crippen LogP contribution is -2.48. The minimum Gasteiger partial charge on any atom is -0.479 e. The van der Waals surface area contributed by atoms with E-state index in [0.717, 1.165) is 18.2 Å². The summed E-state index contributed by atoms with van der Waals surface area (Å²) in [6, 6.07) is 3.81. The number of benzene rings is 2. The maximum absolute atomic E-state index is 14.0. The molecule has 4 rings (SSSR count). The van der Waals surface area contributed by atoms with Crippen molar-refractivity contribution in [1.82, 2.24) is 15.8 Å². The van der Waals surface area contributed by atoms with Gasteiger partial charge in [0.25, 0.3) is 5.91 Å². The molecule has 2 amide bonds. The van der Waals surface area contributed by atoms with Crippen LogP contribution in [-0.4, -0.2) is 47.9 Å². The number of ether oxygens (including phenoxy) is 2. The molecule has 1 aliphatic heterocycles. The maximum atomic E-state index is 14.0. The van der Waals surface area contributed by atoms with Gasteiger partial charge in [-0.3, -0.25) is 19.2 Å². The van der Waals surface area contributed by atoms with Crippen LogP contribution in [0.15, 0.2) is 40.9 Å². The molecule has 40 heavy (non-hydrogen) atoms. The number of amides is 2. The van der Waals surface area contributed by atoms with E-state index in [1.165, 1.54) is 12.1 Å². The number of nitrogens with one attached hydrogen (secondary N) is 2. The van der Waals surface area contributed by atoms with Crippen LogP contribution >= 0.6 is 0 Å². The predicted octanol–water partition coefficient (Wildman–Crippen LogP) is 2.95. The van der Waals surface area contributed by atoms with E-state index in [1.54, 1.807) is 0 Å². The third-order valence-electron chi connectivity index (χ3n) is 5.41. The van der Waals surface area contributed by atoms with Crippen LogP contribution in [0.3, 0.4) is 0 Å². The van der Waals surface area contributed by atoms with E-state index in [-0.39, 0.29) is 17.4 Å². The summed E-state index contributed by atoms with van der Waals surface area (Å²) < 4.78 is 95.6. The van der Waals surface area contributed by atoms with E-state index in [1.807, 2.05) is 0 Å². The molecule has 0 radical (unpaired) electrons. The summed E-state index contributed by atoms with van der Waals surface area (Å²) >= 11 is 0. The Hall–Kier alpha value is -4.89. The number of hydrogen-bond acceptors (Lipinski definition) is 8. The number of carbonyl (C=O) groups is 4. The van der Waals surface area contributed by atoms with Gasteiger partial charge in [0.05, 0.1) is 18.5 Å².